The molecule has 4 rings (SSSR count). The fourth-order valence-corrected chi connectivity index (χ4v) is 4.31. The summed E-state index contributed by atoms with van der Waals surface area (Å²) in [4.78, 5) is 20.9. The zero-order chi connectivity index (χ0) is 17.2. The van der Waals surface area contributed by atoms with Crippen LogP contribution < -0.4 is 0 Å². The SMILES string of the molecule is Cc1cc(CN2CC[C@@H]3OCC[C@H](C(=O)N4CCCCO4)[C@@H]3C2)no1. The van der Waals surface area contributed by atoms with Gasteiger partial charge in [-0.05, 0) is 32.6 Å². The Bertz CT molecular complexity index is 599. The van der Waals surface area contributed by atoms with E-state index in [0.29, 0.717) is 13.2 Å². The average Bonchev–Trinajstić information content (AvgIpc) is 3.06. The molecule has 7 heteroatoms. The lowest BCUT2D eigenvalue weighted by molar-refractivity contribution is -0.209. The van der Waals surface area contributed by atoms with Crippen molar-refractivity contribution in [3.63, 3.8) is 0 Å². The number of aromatic nitrogens is 1. The van der Waals surface area contributed by atoms with Gasteiger partial charge in [0.1, 0.15) is 5.76 Å². The van der Waals surface area contributed by atoms with Crippen LogP contribution in [-0.4, -0.2) is 60.0 Å². The van der Waals surface area contributed by atoms with Crippen molar-refractivity contribution < 1.29 is 18.9 Å². The number of hydroxylamine groups is 2. The summed E-state index contributed by atoms with van der Waals surface area (Å²) in [5, 5.41) is 5.71. The summed E-state index contributed by atoms with van der Waals surface area (Å²) in [5.41, 5.74) is 0.954. The van der Waals surface area contributed by atoms with E-state index in [1.807, 2.05) is 13.0 Å². The molecule has 0 aliphatic carbocycles. The second kappa shape index (κ2) is 7.43. The van der Waals surface area contributed by atoms with Crippen LogP contribution in [0.1, 0.15) is 37.1 Å². The Morgan fingerprint density at radius 1 is 1.28 bits per heavy atom. The Labute approximate surface area is 148 Å². The van der Waals surface area contributed by atoms with Crippen LogP contribution in [0.5, 0.6) is 0 Å². The maximum absolute atomic E-state index is 13.0. The zero-order valence-electron chi connectivity index (χ0n) is 14.9. The molecule has 7 nitrogen and oxygen atoms in total. The molecule has 0 unspecified atom stereocenters. The summed E-state index contributed by atoms with van der Waals surface area (Å²) in [6, 6.07) is 1.98. The average molecular weight is 349 g/mol. The number of ether oxygens (including phenoxy) is 1. The van der Waals surface area contributed by atoms with E-state index in [9.17, 15) is 4.79 Å². The molecule has 3 atom stereocenters. The third-order valence-corrected chi connectivity index (χ3v) is 5.58. The van der Waals surface area contributed by atoms with Crippen molar-refractivity contribution in [3.05, 3.63) is 17.5 Å². The van der Waals surface area contributed by atoms with Gasteiger partial charge in [0.25, 0.3) is 0 Å². The van der Waals surface area contributed by atoms with E-state index in [1.165, 1.54) is 0 Å². The van der Waals surface area contributed by atoms with Crippen molar-refractivity contribution in [1.82, 2.24) is 15.1 Å². The van der Waals surface area contributed by atoms with Crippen molar-refractivity contribution >= 4 is 5.91 Å². The summed E-state index contributed by atoms with van der Waals surface area (Å²) in [7, 11) is 0. The molecular weight excluding hydrogens is 322 g/mol. The van der Waals surface area contributed by atoms with Crippen LogP contribution in [0.4, 0.5) is 0 Å². The normalized spacial score (nSPS) is 30.9. The van der Waals surface area contributed by atoms with E-state index in [2.05, 4.69) is 10.1 Å². The number of carbonyl (C=O) groups is 1. The monoisotopic (exact) mass is 349 g/mol. The molecule has 3 saturated heterocycles. The minimum Gasteiger partial charge on any atom is -0.378 e. The van der Waals surface area contributed by atoms with E-state index in [4.69, 9.17) is 14.1 Å². The molecule has 0 aromatic carbocycles. The van der Waals surface area contributed by atoms with Crippen LogP contribution in [0.15, 0.2) is 10.6 Å². The maximum Gasteiger partial charge on any atom is 0.249 e. The molecule has 1 aromatic heterocycles. The van der Waals surface area contributed by atoms with E-state index in [1.54, 1.807) is 5.06 Å². The molecule has 3 aliphatic rings. The lowest BCUT2D eigenvalue weighted by Crippen LogP contribution is -2.54. The fraction of sp³-hybridized carbons (Fsp3) is 0.778. The number of aryl methyl sites for hydroxylation is 1. The zero-order valence-corrected chi connectivity index (χ0v) is 14.9. The number of piperidine rings is 1. The molecular formula is C18H27N3O4. The highest BCUT2D eigenvalue weighted by Gasteiger charge is 2.43. The van der Waals surface area contributed by atoms with Gasteiger partial charge in [-0.1, -0.05) is 5.16 Å². The second-order valence-electron chi connectivity index (χ2n) is 7.40. The number of amides is 1. The Morgan fingerprint density at radius 3 is 2.96 bits per heavy atom. The third kappa shape index (κ3) is 3.73. The number of fused-ring (bicyclic) bond motifs is 1. The standard InChI is InChI=1S/C18H27N3O4/c1-13-10-14(19-25-13)11-20-7-4-17-16(12-20)15(5-9-23-17)18(22)21-6-2-3-8-24-21/h10,15-17H,2-9,11-12H2,1H3/t15-,16-,17-/m0/s1. The van der Waals surface area contributed by atoms with Crippen molar-refractivity contribution in [1.29, 1.82) is 0 Å². The number of rotatable bonds is 3. The molecule has 3 aliphatic heterocycles. The quantitative estimate of drug-likeness (QED) is 0.828. The van der Waals surface area contributed by atoms with Crippen LogP contribution >= 0.6 is 0 Å². The van der Waals surface area contributed by atoms with Crippen molar-refractivity contribution in [2.75, 3.05) is 32.8 Å². The number of likely N-dealkylation sites (tertiary alicyclic amines) is 1. The van der Waals surface area contributed by atoms with Gasteiger partial charge in [0.05, 0.1) is 18.4 Å². The Morgan fingerprint density at radius 2 is 2.20 bits per heavy atom. The molecule has 0 N–H and O–H groups in total. The van der Waals surface area contributed by atoms with E-state index >= 15 is 0 Å². The molecule has 1 aromatic rings. The molecule has 0 radical (unpaired) electrons. The number of hydrogen-bond donors (Lipinski definition) is 0. The Kier molecular flexibility index (Phi) is 5.05. The fourth-order valence-electron chi connectivity index (χ4n) is 4.31. The highest BCUT2D eigenvalue weighted by Crippen LogP contribution is 2.35. The molecule has 138 valence electrons. The molecule has 1 amide bonds. The largest absolute Gasteiger partial charge is 0.378 e. The van der Waals surface area contributed by atoms with Crippen LogP contribution in [-0.2, 0) is 20.9 Å². The maximum atomic E-state index is 13.0. The predicted octanol–water partition coefficient (Wildman–Crippen LogP) is 1.76. The molecule has 3 fully saturated rings. The smallest absolute Gasteiger partial charge is 0.249 e. The van der Waals surface area contributed by atoms with Gasteiger partial charge in [-0.25, -0.2) is 5.06 Å². The summed E-state index contributed by atoms with van der Waals surface area (Å²) in [6.07, 6.45) is 4.00. The highest BCUT2D eigenvalue weighted by molar-refractivity contribution is 5.78. The molecule has 0 bridgehead atoms. The number of nitrogens with zero attached hydrogens (tertiary/aromatic N) is 3. The first-order valence-corrected chi connectivity index (χ1v) is 9.41. The van der Waals surface area contributed by atoms with Crippen molar-refractivity contribution in [3.8, 4) is 0 Å². The highest BCUT2D eigenvalue weighted by atomic mass is 16.7. The van der Waals surface area contributed by atoms with Gasteiger partial charge in [-0.3, -0.25) is 14.5 Å². The van der Waals surface area contributed by atoms with E-state index in [0.717, 1.165) is 63.3 Å². The topological polar surface area (TPSA) is 68.0 Å². The van der Waals surface area contributed by atoms with Crippen molar-refractivity contribution in [2.45, 2.75) is 45.3 Å². The third-order valence-electron chi connectivity index (χ3n) is 5.58. The van der Waals surface area contributed by atoms with Crippen LogP contribution in [0, 0.1) is 18.8 Å². The van der Waals surface area contributed by atoms with Gasteiger partial charge in [0.15, 0.2) is 0 Å². The Hall–Kier alpha value is -1.44. The van der Waals surface area contributed by atoms with Crippen LogP contribution in [0.2, 0.25) is 0 Å². The van der Waals surface area contributed by atoms with Gasteiger partial charge in [0, 0.05) is 50.7 Å². The molecule has 25 heavy (non-hydrogen) atoms. The number of carbonyl (C=O) groups excluding carboxylic acids is 1. The van der Waals surface area contributed by atoms with Crippen LogP contribution in [0.25, 0.3) is 0 Å². The first-order valence-electron chi connectivity index (χ1n) is 9.41. The molecule has 4 heterocycles. The van der Waals surface area contributed by atoms with Gasteiger partial charge in [-0.2, -0.15) is 0 Å². The van der Waals surface area contributed by atoms with Crippen LogP contribution in [0.3, 0.4) is 0 Å². The molecule has 0 spiro atoms. The van der Waals surface area contributed by atoms with E-state index < -0.39 is 0 Å². The predicted molar refractivity (Wildman–Crippen MR) is 89.4 cm³/mol. The summed E-state index contributed by atoms with van der Waals surface area (Å²) in [5.74, 6) is 1.21. The lowest BCUT2D eigenvalue weighted by Gasteiger charge is -2.45. The first-order chi connectivity index (χ1) is 12.2. The summed E-state index contributed by atoms with van der Waals surface area (Å²) < 4.78 is 11.2. The minimum atomic E-state index is -0.00121. The van der Waals surface area contributed by atoms with Gasteiger partial charge in [-0.15, -0.1) is 0 Å². The first kappa shape index (κ1) is 17.0. The van der Waals surface area contributed by atoms with Gasteiger partial charge < -0.3 is 9.26 Å². The van der Waals surface area contributed by atoms with Crippen molar-refractivity contribution in [2.24, 2.45) is 11.8 Å². The van der Waals surface area contributed by atoms with Gasteiger partial charge in [0.2, 0.25) is 5.91 Å². The Balaban J connectivity index is 1.43. The summed E-state index contributed by atoms with van der Waals surface area (Å²) in [6.45, 7) is 6.55. The number of hydrogen-bond acceptors (Lipinski definition) is 6. The molecule has 0 saturated carbocycles. The van der Waals surface area contributed by atoms with Gasteiger partial charge >= 0.3 is 0 Å². The second-order valence-corrected chi connectivity index (χ2v) is 7.40. The minimum absolute atomic E-state index is 0.00121. The van der Waals surface area contributed by atoms with E-state index in [-0.39, 0.29) is 23.8 Å². The lowest BCUT2D eigenvalue weighted by atomic mass is 9.78. The summed E-state index contributed by atoms with van der Waals surface area (Å²) >= 11 is 0.